The molecule has 11 nitrogen and oxygen atoms in total. The third kappa shape index (κ3) is 5.44. The molecule has 5 aromatic rings. The van der Waals surface area contributed by atoms with Crippen molar-refractivity contribution in [3.8, 4) is 23.5 Å². The van der Waals surface area contributed by atoms with E-state index in [2.05, 4.69) is 20.4 Å². The van der Waals surface area contributed by atoms with E-state index in [1.165, 1.54) is 10.9 Å². The molecule has 11 heteroatoms. The average Bonchev–Trinajstić information content (AvgIpc) is 3.33. The largest absolute Gasteiger partial charge is 0.505 e. The van der Waals surface area contributed by atoms with Gasteiger partial charge in [-0.2, -0.15) is 15.0 Å². The number of hydrogen-bond acceptors (Lipinski definition) is 9. The molecule has 0 atom stereocenters. The van der Waals surface area contributed by atoms with Gasteiger partial charge in [-0.1, -0.05) is 24.3 Å². The maximum Gasteiger partial charge on any atom is 0.259 e. The van der Waals surface area contributed by atoms with E-state index >= 15 is 0 Å². The third-order valence-electron chi connectivity index (χ3n) is 5.40. The number of nitriles is 1. The van der Waals surface area contributed by atoms with Gasteiger partial charge in [0.15, 0.2) is 5.75 Å². The number of carbonyl (C=O) groups is 1. The lowest BCUT2D eigenvalue weighted by molar-refractivity contribution is 0.102. The number of ether oxygens (including phenoxy) is 1. The molecule has 0 aliphatic rings. The molecular formula is C27H24N8O3. The number of carbonyl (C=O) groups excluding carboxylic acids is 1. The lowest BCUT2D eigenvalue weighted by Gasteiger charge is -2.11. The molecule has 190 valence electrons. The minimum atomic E-state index is -0.422. The number of nitrogens with one attached hydrogen (secondary N) is 1. The van der Waals surface area contributed by atoms with Crippen LogP contribution in [0.1, 0.15) is 22.8 Å². The summed E-state index contributed by atoms with van der Waals surface area (Å²) in [6.07, 6.45) is 4.54. The minimum Gasteiger partial charge on any atom is -0.505 e. The van der Waals surface area contributed by atoms with Crippen molar-refractivity contribution in [2.45, 2.75) is 6.92 Å². The smallest absolute Gasteiger partial charge is 0.259 e. The Balaban J connectivity index is 0.000000204. The molecule has 0 bridgehead atoms. The Hall–Kier alpha value is -5.63. The second kappa shape index (κ2) is 11.4. The monoisotopic (exact) mass is 508 g/mol. The highest BCUT2D eigenvalue weighted by molar-refractivity contribution is 6.11. The number of nitrogen functional groups attached to an aromatic ring is 2. The van der Waals surface area contributed by atoms with Crippen molar-refractivity contribution in [2.75, 3.05) is 23.4 Å². The van der Waals surface area contributed by atoms with Crippen molar-refractivity contribution < 1.29 is 14.6 Å². The Morgan fingerprint density at radius 2 is 1.82 bits per heavy atom. The van der Waals surface area contributed by atoms with Crippen LogP contribution in [0.5, 0.6) is 11.5 Å². The molecule has 38 heavy (non-hydrogen) atoms. The molecular weight excluding hydrogens is 484 g/mol. The van der Waals surface area contributed by atoms with Crippen LogP contribution in [-0.2, 0) is 0 Å². The van der Waals surface area contributed by atoms with E-state index in [1.807, 2.05) is 31.2 Å². The van der Waals surface area contributed by atoms with Gasteiger partial charge in [0.2, 0.25) is 0 Å². The fourth-order valence-corrected chi connectivity index (χ4v) is 3.54. The van der Waals surface area contributed by atoms with Crippen molar-refractivity contribution in [1.82, 2.24) is 19.7 Å². The van der Waals surface area contributed by atoms with Crippen molar-refractivity contribution in [2.24, 2.45) is 0 Å². The molecule has 0 radical (unpaired) electrons. The van der Waals surface area contributed by atoms with Gasteiger partial charge in [0.1, 0.15) is 23.2 Å². The van der Waals surface area contributed by atoms with Crippen LogP contribution in [0.2, 0.25) is 0 Å². The lowest BCUT2D eigenvalue weighted by atomic mass is 10.0. The zero-order valence-electron chi connectivity index (χ0n) is 20.4. The van der Waals surface area contributed by atoms with Crippen LogP contribution in [0.15, 0.2) is 79.3 Å². The van der Waals surface area contributed by atoms with Gasteiger partial charge < -0.3 is 26.6 Å². The molecule has 0 fully saturated rings. The van der Waals surface area contributed by atoms with Crippen LogP contribution >= 0.6 is 0 Å². The first kappa shape index (κ1) is 25.5. The zero-order valence-corrected chi connectivity index (χ0v) is 20.4. The SMILES string of the molecule is CCOc1ccc(NC(=O)c2cc3ccccc3c(N)c2O)cc1.N#Cc1cnn(-c2ncccn2)c1N. The van der Waals surface area contributed by atoms with E-state index < -0.39 is 5.91 Å². The van der Waals surface area contributed by atoms with Gasteiger partial charge in [-0.3, -0.25) is 4.79 Å². The van der Waals surface area contributed by atoms with Gasteiger partial charge in [-0.05, 0) is 48.7 Å². The summed E-state index contributed by atoms with van der Waals surface area (Å²) in [6, 6.07) is 19.6. The summed E-state index contributed by atoms with van der Waals surface area (Å²) >= 11 is 0. The highest BCUT2D eigenvalue weighted by Crippen LogP contribution is 2.34. The molecule has 0 saturated heterocycles. The number of fused-ring (bicyclic) bond motifs is 1. The number of amides is 1. The van der Waals surface area contributed by atoms with Gasteiger partial charge in [-0.15, -0.1) is 0 Å². The van der Waals surface area contributed by atoms with E-state index in [9.17, 15) is 9.90 Å². The second-order valence-electron chi connectivity index (χ2n) is 7.83. The maximum absolute atomic E-state index is 12.5. The standard InChI is InChI=1S/C19H18N2O3.C8H6N6/c1-2-24-14-9-7-13(8-10-14)21-19(23)16-11-12-5-3-4-6-15(12)17(20)18(16)22;9-4-6-5-13-14(7(6)10)8-11-2-1-3-12-8/h3-11,22H,2,20H2,1H3,(H,21,23);1-3,5H,10H2. The van der Waals surface area contributed by atoms with Gasteiger partial charge in [-0.25, -0.2) is 9.97 Å². The first-order valence-electron chi connectivity index (χ1n) is 11.5. The zero-order chi connectivity index (χ0) is 27.1. The summed E-state index contributed by atoms with van der Waals surface area (Å²) in [5.41, 5.74) is 12.9. The summed E-state index contributed by atoms with van der Waals surface area (Å²) in [5, 5.41) is 27.1. The Morgan fingerprint density at radius 1 is 1.11 bits per heavy atom. The highest BCUT2D eigenvalue weighted by atomic mass is 16.5. The van der Waals surface area contributed by atoms with Gasteiger partial charge >= 0.3 is 0 Å². The van der Waals surface area contributed by atoms with Gasteiger partial charge in [0.05, 0.1) is 24.1 Å². The molecule has 5 rings (SSSR count). The van der Waals surface area contributed by atoms with E-state index in [1.54, 1.807) is 54.9 Å². The number of anilines is 3. The Morgan fingerprint density at radius 3 is 2.47 bits per heavy atom. The minimum absolute atomic E-state index is 0.139. The van der Waals surface area contributed by atoms with Crippen LogP contribution in [-0.4, -0.2) is 37.4 Å². The summed E-state index contributed by atoms with van der Waals surface area (Å²) < 4.78 is 6.68. The van der Waals surface area contributed by atoms with Crippen LogP contribution in [0.4, 0.5) is 17.2 Å². The van der Waals surface area contributed by atoms with Crippen LogP contribution in [0.3, 0.4) is 0 Å². The van der Waals surface area contributed by atoms with Crippen LogP contribution in [0.25, 0.3) is 16.7 Å². The third-order valence-corrected chi connectivity index (χ3v) is 5.40. The quantitative estimate of drug-likeness (QED) is 0.202. The van der Waals surface area contributed by atoms with Gasteiger partial charge in [0.25, 0.3) is 11.9 Å². The lowest BCUT2D eigenvalue weighted by Crippen LogP contribution is -2.12. The van der Waals surface area contributed by atoms with E-state index in [0.29, 0.717) is 29.2 Å². The second-order valence-corrected chi connectivity index (χ2v) is 7.83. The highest BCUT2D eigenvalue weighted by Gasteiger charge is 2.16. The predicted molar refractivity (Wildman–Crippen MR) is 144 cm³/mol. The number of aromatic hydroxyl groups is 1. The predicted octanol–water partition coefficient (Wildman–Crippen LogP) is 3.89. The van der Waals surface area contributed by atoms with Crippen LogP contribution in [0, 0.1) is 11.3 Å². The molecule has 2 heterocycles. The average molecular weight is 509 g/mol. The topological polar surface area (TPSA) is 178 Å². The number of nitrogens with two attached hydrogens (primary N) is 2. The number of rotatable bonds is 5. The van der Waals surface area contributed by atoms with E-state index in [0.717, 1.165) is 11.1 Å². The summed E-state index contributed by atoms with van der Waals surface area (Å²) in [5.74, 6) is 0.699. The Labute approximate surface area is 217 Å². The number of hydrogen-bond donors (Lipinski definition) is 4. The number of nitrogens with zero attached hydrogens (tertiary/aromatic N) is 5. The molecule has 1 amide bonds. The Kier molecular flexibility index (Phi) is 7.64. The first-order valence-corrected chi connectivity index (χ1v) is 11.5. The molecule has 0 unspecified atom stereocenters. The van der Waals surface area contributed by atoms with Crippen LogP contribution < -0.4 is 21.5 Å². The fraction of sp³-hybridized carbons (Fsp3) is 0.0741. The van der Waals surface area contributed by atoms with Crippen molar-refractivity contribution in [1.29, 1.82) is 5.26 Å². The summed E-state index contributed by atoms with van der Waals surface area (Å²) in [4.78, 5) is 20.4. The van der Waals surface area contributed by atoms with Crippen molar-refractivity contribution in [3.63, 3.8) is 0 Å². The van der Waals surface area contributed by atoms with E-state index in [4.69, 9.17) is 21.5 Å². The summed E-state index contributed by atoms with van der Waals surface area (Å²) in [7, 11) is 0. The Bertz CT molecular complexity index is 1610. The fourth-order valence-electron chi connectivity index (χ4n) is 3.54. The first-order chi connectivity index (χ1) is 18.4. The number of phenolic OH excluding ortho intramolecular Hbond substituents is 1. The molecule has 0 aliphatic heterocycles. The molecule has 0 saturated carbocycles. The molecule has 0 spiro atoms. The van der Waals surface area contributed by atoms with E-state index in [-0.39, 0.29) is 22.8 Å². The molecule has 3 aromatic carbocycles. The molecule has 2 aromatic heterocycles. The molecule has 0 aliphatic carbocycles. The van der Waals surface area contributed by atoms with Gasteiger partial charge in [0, 0.05) is 23.5 Å². The maximum atomic E-state index is 12.5. The van der Waals surface area contributed by atoms with Crippen molar-refractivity contribution in [3.05, 3.63) is 90.4 Å². The normalized spacial score (nSPS) is 10.2. The molecule has 6 N–H and O–H groups in total. The summed E-state index contributed by atoms with van der Waals surface area (Å²) in [6.45, 7) is 2.48. The number of phenols is 1. The number of benzene rings is 3. The number of aromatic nitrogens is 4. The van der Waals surface area contributed by atoms with Crippen molar-refractivity contribution >= 4 is 33.9 Å².